The molecule has 0 unspecified atom stereocenters. The Hall–Kier alpha value is -2.87. The Balaban J connectivity index is 1.64. The average molecular weight is 372 g/mol. The summed E-state index contributed by atoms with van der Waals surface area (Å²) in [5.41, 5.74) is 1.42. The van der Waals surface area contributed by atoms with Crippen molar-refractivity contribution in [3.8, 4) is 17.1 Å². The minimum absolute atomic E-state index is 0.168. The molecule has 0 radical (unpaired) electrons. The van der Waals surface area contributed by atoms with E-state index in [0.717, 1.165) is 11.3 Å². The number of hydrogen-bond acceptors (Lipinski definition) is 5. The number of nitrogens with one attached hydrogen (secondary N) is 1. The van der Waals surface area contributed by atoms with Crippen LogP contribution in [0.5, 0.6) is 5.75 Å². The van der Waals surface area contributed by atoms with Crippen LogP contribution in [0.1, 0.15) is 0 Å². The summed E-state index contributed by atoms with van der Waals surface area (Å²) < 4.78 is 19.9. The van der Waals surface area contributed by atoms with Gasteiger partial charge in [0, 0.05) is 18.3 Å². The first kappa shape index (κ1) is 17.9. The topological polar surface area (TPSA) is 69.0 Å². The number of amides is 1. The number of ether oxygens (including phenoxy) is 1. The van der Waals surface area contributed by atoms with Gasteiger partial charge in [-0.15, -0.1) is 10.2 Å². The first-order valence-corrected chi connectivity index (χ1v) is 8.77. The Morgan fingerprint density at radius 3 is 2.73 bits per heavy atom. The number of halogens is 1. The number of carbonyl (C=O) groups excluding carboxylic acids is 1. The lowest BCUT2D eigenvalue weighted by Gasteiger charge is -2.06. The minimum Gasteiger partial charge on any atom is -0.497 e. The van der Waals surface area contributed by atoms with Crippen LogP contribution in [0, 0.1) is 5.82 Å². The van der Waals surface area contributed by atoms with Gasteiger partial charge >= 0.3 is 0 Å². The summed E-state index contributed by atoms with van der Waals surface area (Å²) in [6.45, 7) is 0. The van der Waals surface area contributed by atoms with Crippen molar-refractivity contribution in [3.63, 3.8) is 0 Å². The van der Waals surface area contributed by atoms with Gasteiger partial charge in [-0.3, -0.25) is 4.79 Å². The maximum atomic E-state index is 12.9. The number of anilines is 1. The van der Waals surface area contributed by atoms with E-state index in [4.69, 9.17) is 4.74 Å². The van der Waals surface area contributed by atoms with Gasteiger partial charge in [0.2, 0.25) is 5.91 Å². The zero-order valence-electron chi connectivity index (χ0n) is 14.3. The normalized spacial score (nSPS) is 10.6. The lowest BCUT2D eigenvalue weighted by atomic mass is 10.2. The molecule has 1 aromatic heterocycles. The largest absolute Gasteiger partial charge is 0.497 e. The van der Waals surface area contributed by atoms with E-state index in [-0.39, 0.29) is 17.5 Å². The van der Waals surface area contributed by atoms with Crippen LogP contribution in [0.25, 0.3) is 11.4 Å². The molecule has 0 saturated heterocycles. The number of aromatic nitrogens is 3. The Morgan fingerprint density at radius 2 is 2.00 bits per heavy atom. The molecule has 3 aromatic rings. The summed E-state index contributed by atoms with van der Waals surface area (Å²) in [5.74, 6) is 1.04. The number of benzene rings is 2. The molecule has 0 bridgehead atoms. The maximum Gasteiger partial charge on any atom is 0.234 e. The van der Waals surface area contributed by atoms with Gasteiger partial charge in [-0.2, -0.15) is 0 Å². The SMILES string of the molecule is COc1cccc(-c2nnc(SCC(=O)Nc3ccc(F)cc3)n2C)c1. The molecule has 2 aromatic carbocycles. The third-order valence-electron chi connectivity index (χ3n) is 3.62. The summed E-state index contributed by atoms with van der Waals surface area (Å²) >= 11 is 1.27. The number of nitrogens with zero attached hydrogens (tertiary/aromatic N) is 3. The molecule has 3 rings (SSSR count). The molecular formula is C18H17FN4O2S. The Labute approximate surface area is 154 Å². The molecule has 0 aliphatic heterocycles. The number of thioether (sulfide) groups is 1. The fourth-order valence-corrected chi connectivity index (χ4v) is 3.03. The van der Waals surface area contributed by atoms with Gasteiger partial charge in [0.25, 0.3) is 0 Å². The van der Waals surface area contributed by atoms with Crippen LogP contribution < -0.4 is 10.1 Å². The Morgan fingerprint density at radius 1 is 1.23 bits per heavy atom. The third-order valence-corrected chi connectivity index (χ3v) is 4.64. The van der Waals surface area contributed by atoms with Crippen molar-refractivity contribution in [2.24, 2.45) is 7.05 Å². The van der Waals surface area contributed by atoms with E-state index in [0.29, 0.717) is 16.7 Å². The van der Waals surface area contributed by atoms with Gasteiger partial charge < -0.3 is 14.6 Å². The first-order valence-electron chi connectivity index (χ1n) is 7.79. The van der Waals surface area contributed by atoms with Crippen LogP contribution >= 0.6 is 11.8 Å². The second-order valence-electron chi connectivity index (χ2n) is 5.44. The summed E-state index contributed by atoms with van der Waals surface area (Å²) in [5, 5.41) is 11.7. The average Bonchev–Trinajstić information content (AvgIpc) is 3.02. The molecular weight excluding hydrogens is 355 g/mol. The highest BCUT2D eigenvalue weighted by Crippen LogP contribution is 2.25. The predicted molar refractivity (Wildman–Crippen MR) is 98.7 cm³/mol. The second kappa shape index (κ2) is 8.01. The van der Waals surface area contributed by atoms with Crippen LogP contribution in [-0.4, -0.2) is 33.5 Å². The molecule has 0 fully saturated rings. The molecule has 1 amide bonds. The van der Waals surface area contributed by atoms with Crippen molar-refractivity contribution in [2.75, 3.05) is 18.2 Å². The van der Waals surface area contributed by atoms with Gasteiger partial charge in [-0.1, -0.05) is 23.9 Å². The fraction of sp³-hybridized carbons (Fsp3) is 0.167. The van der Waals surface area contributed by atoms with E-state index in [1.54, 1.807) is 7.11 Å². The fourth-order valence-electron chi connectivity index (χ4n) is 2.31. The number of hydrogen-bond donors (Lipinski definition) is 1. The van der Waals surface area contributed by atoms with Crippen molar-refractivity contribution < 1.29 is 13.9 Å². The lowest BCUT2D eigenvalue weighted by molar-refractivity contribution is -0.113. The van der Waals surface area contributed by atoms with Crippen molar-refractivity contribution in [1.82, 2.24) is 14.8 Å². The molecule has 0 aliphatic rings. The van der Waals surface area contributed by atoms with E-state index >= 15 is 0 Å². The van der Waals surface area contributed by atoms with Crippen molar-refractivity contribution in [2.45, 2.75) is 5.16 Å². The minimum atomic E-state index is -0.346. The summed E-state index contributed by atoms with van der Waals surface area (Å²) in [6, 6.07) is 13.2. The van der Waals surface area contributed by atoms with Crippen LogP contribution in [0.3, 0.4) is 0 Å². The van der Waals surface area contributed by atoms with Gasteiger partial charge in [-0.05, 0) is 36.4 Å². The van der Waals surface area contributed by atoms with Crippen LogP contribution in [0.15, 0.2) is 53.7 Å². The summed E-state index contributed by atoms with van der Waals surface area (Å²) in [7, 11) is 3.45. The van der Waals surface area contributed by atoms with Gasteiger partial charge in [0.05, 0.1) is 12.9 Å². The highest BCUT2D eigenvalue weighted by molar-refractivity contribution is 7.99. The third kappa shape index (κ3) is 4.20. The molecule has 134 valence electrons. The standard InChI is InChI=1S/C18H17FN4O2S/c1-23-17(12-4-3-5-15(10-12)25-2)21-22-18(23)26-11-16(24)20-14-8-6-13(19)7-9-14/h3-10H,11H2,1-2H3,(H,20,24). The molecule has 0 atom stereocenters. The molecule has 6 nitrogen and oxygen atoms in total. The van der Waals surface area contributed by atoms with Crippen molar-refractivity contribution in [1.29, 1.82) is 0 Å². The molecule has 0 spiro atoms. The van der Waals surface area contributed by atoms with E-state index in [9.17, 15) is 9.18 Å². The molecule has 0 aliphatic carbocycles. The van der Waals surface area contributed by atoms with E-state index in [1.165, 1.54) is 36.0 Å². The smallest absolute Gasteiger partial charge is 0.234 e. The Bertz CT molecular complexity index is 912. The number of methoxy groups -OCH3 is 1. The molecule has 0 saturated carbocycles. The quantitative estimate of drug-likeness (QED) is 0.672. The number of carbonyl (C=O) groups is 1. The van der Waals surface area contributed by atoms with Crippen molar-refractivity contribution in [3.05, 3.63) is 54.3 Å². The van der Waals surface area contributed by atoms with Crippen LogP contribution in [0.2, 0.25) is 0 Å². The van der Waals surface area contributed by atoms with Gasteiger partial charge in [-0.25, -0.2) is 4.39 Å². The highest BCUT2D eigenvalue weighted by Gasteiger charge is 2.13. The molecule has 8 heteroatoms. The zero-order chi connectivity index (χ0) is 18.5. The molecule has 1 heterocycles. The maximum absolute atomic E-state index is 12.9. The summed E-state index contributed by atoms with van der Waals surface area (Å²) in [4.78, 5) is 12.0. The molecule has 26 heavy (non-hydrogen) atoms. The van der Waals surface area contributed by atoms with Crippen molar-refractivity contribution >= 4 is 23.4 Å². The second-order valence-corrected chi connectivity index (χ2v) is 6.38. The van der Waals surface area contributed by atoms with E-state index in [2.05, 4.69) is 15.5 Å². The predicted octanol–water partition coefficient (Wildman–Crippen LogP) is 3.36. The first-order chi connectivity index (χ1) is 12.6. The number of rotatable bonds is 6. The van der Waals surface area contributed by atoms with Crippen LogP contribution in [-0.2, 0) is 11.8 Å². The van der Waals surface area contributed by atoms with Gasteiger partial charge in [0.15, 0.2) is 11.0 Å². The zero-order valence-corrected chi connectivity index (χ0v) is 15.1. The molecule has 1 N–H and O–H groups in total. The van der Waals surface area contributed by atoms with Crippen LogP contribution in [0.4, 0.5) is 10.1 Å². The monoisotopic (exact) mass is 372 g/mol. The lowest BCUT2D eigenvalue weighted by Crippen LogP contribution is -2.14. The highest BCUT2D eigenvalue weighted by atomic mass is 32.2. The van der Waals surface area contributed by atoms with Gasteiger partial charge in [0.1, 0.15) is 11.6 Å². The van der Waals surface area contributed by atoms with E-state index in [1.807, 2.05) is 35.9 Å². The summed E-state index contributed by atoms with van der Waals surface area (Å²) in [6.07, 6.45) is 0. The Kier molecular flexibility index (Phi) is 5.52. The van der Waals surface area contributed by atoms with E-state index < -0.39 is 0 Å².